The minimum absolute atomic E-state index is 0.217. The van der Waals surface area contributed by atoms with E-state index in [1.54, 1.807) is 0 Å². The fourth-order valence-corrected chi connectivity index (χ4v) is 3.26. The number of carbonyl (C=O) groups is 1. The fraction of sp³-hybridized carbons (Fsp3) is 0.500. The minimum atomic E-state index is -1.45. The molecule has 0 bridgehead atoms. The van der Waals surface area contributed by atoms with Gasteiger partial charge in [0.05, 0.1) is 0 Å². The highest BCUT2D eigenvalue weighted by Gasteiger charge is 2.25. The molecule has 0 atom stereocenters. The first-order chi connectivity index (χ1) is 12.1. The summed E-state index contributed by atoms with van der Waals surface area (Å²) in [6.45, 7) is 13.9. The molecule has 4 heteroatoms. The molecule has 0 saturated carbocycles. The largest absolute Gasteiger partial charge is 0.444 e. The Kier molecular flexibility index (Phi) is 6.36. The van der Waals surface area contributed by atoms with Crippen LogP contribution < -0.4 is 0 Å². The fourth-order valence-electron chi connectivity index (χ4n) is 2.76. The van der Waals surface area contributed by atoms with Crippen LogP contribution in [0.1, 0.15) is 39.2 Å². The van der Waals surface area contributed by atoms with Crippen LogP contribution in [-0.2, 0) is 4.74 Å². The summed E-state index contributed by atoms with van der Waals surface area (Å²) >= 11 is 0. The van der Waals surface area contributed by atoms with Crippen molar-refractivity contribution in [3.05, 3.63) is 41.5 Å². The number of nitrogens with zero attached hydrogens (tertiary/aromatic N) is 1. The predicted octanol–water partition coefficient (Wildman–Crippen LogP) is 5.35. The topological polar surface area (TPSA) is 29.5 Å². The number of ether oxygens (including phenoxy) is 1. The molecule has 1 aromatic carbocycles. The molecule has 1 aromatic rings. The first-order valence-electron chi connectivity index (χ1n) is 9.34. The Hall–Kier alpha value is -1.99. The highest BCUT2D eigenvalue weighted by atomic mass is 28.3. The molecule has 140 valence electrons. The highest BCUT2D eigenvalue weighted by molar-refractivity contribution is 6.84. The second-order valence-electron chi connectivity index (χ2n) is 8.81. The van der Waals surface area contributed by atoms with Crippen molar-refractivity contribution in [2.45, 2.75) is 58.9 Å². The van der Waals surface area contributed by atoms with Crippen molar-refractivity contribution in [2.75, 3.05) is 13.1 Å². The summed E-state index contributed by atoms with van der Waals surface area (Å²) in [4.78, 5) is 14.1. The smallest absolute Gasteiger partial charge is 0.410 e. The van der Waals surface area contributed by atoms with Crippen LogP contribution in [0.3, 0.4) is 0 Å². The second kappa shape index (κ2) is 8.14. The maximum Gasteiger partial charge on any atom is 0.410 e. The summed E-state index contributed by atoms with van der Waals surface area (Å²) in [7, 11) is -1.45. The molecule has 0 radical (unpaired) electrons. The molecule has 26 heavy (non-hydrogen) atoms. The van der Waals surface area contributed by atoms with Crippen LogP contribution in [0.2, 0.25) is 19.6 Å². The Balaban J connectivity index is 2.22. The molecular formula is C22H31NO2Si. The number of allylic oxidation sites excluding steroid dienone is 1. The number of benzene rings is 1. The van der Waals surface area contributed by atoms with Gasteiger partial charge in [-0.05, 0) is 39.2 Å². The van der Waals surface area contributed by atoms with Crippen LogP contribution in [0, 0.1) is 11.5 Å². The van der Waals surface area contributed by atoms with Gasteiger partial charge < -0.3 is 9.64 Å². The van der Waals surface area contributed by atoms with Crippen LogP contribution in [-0.4, -0.2) is 37.8 Å². The number of piperidine rings is 1. The van der Waals surface area contributed by atoms with Crippen LogP contribution in [0.5, 0.6) is 0 Å². The van der Waals surface area contributed by atoms with Crippen molar-refractivity contribution >= 4 is 19.7 Å². The van der Waals surface area contributed by atoms with Gasteiger partial charge in [-0.25, -0.2) is 4.79 Å². The molecule has 2 rings (SSSR count). The molecule has 1 aliphatic rings. The summed E-state index contributed by atoms with van der Waals surface area (Å²) in [5, 5.41) is 0. The van der Waals surface area contributed by atoms with Gasteiger partial charge in [0.25, 0.3) is 0 Å². The van der Waals surface area contributed by atoms with Gasteiger partial charge in [-0.15, -0.1) is 5.54 Å². The van der Waals surface area contributed by atoms with Crippen molar-refractivity contribution in [3.63, 3.8) is 0 Å². The normalized spacial score (nSPS) is 15.2. The van der Waals surface area contributed by atoms with Gasteiger partial charge in [0, 0.05) is 18.7 Å². The summed E-state index contributed by atoms with van der Waals surface area (Å²) in [6, 6.07) is 10.4. The maximum absolute atomic E-state index is 12.3. The first-order valence-corrected chi connectivity index (χ1v) is 12.8. The molecular weight excluding hydrogens is 338 g/mol. The zero-order chi connectivity index (χ0) is 19.4. The van der Waals surface area contributed by atoms with Crippen LogP contribution >= 0.6 is 0 Å². The standard InChI is InChI=1S/C22H31NO2Si/c1-22(2,3)25-21(24)23-15-12-19(13-16-23)20(14-17-26(4,5)6)18-10-8-7-9-11-18/h7-11H,12-13,15-16H2,1-6H3. The van der Waals surface area contributed by atoms with Crippen LogP contribution in [0.15, 0.2) is 35.9 Å². The zero-order valence-corrected chi connectivity index (χ0v) is 18.0. The van der Waals surface area contributed by atoms with Gasteiger partial charge in [-0.1, -0.05) is 61.5 Å². The van der Waals surface area contributed by atoms with E-state index in [1.807, 2.05) is 31.7 Å². The average Bonchev–Trinajstić information content (AvgIpc) is 2.54. The van der Waals surface area contributed by atoms with Gasteiger partial charge >= 0.3 is 6.09 Å². The van der Waals surface area contributed by atoms with Gasteiger partial charge in [-0.3, -0.25) is 0 Å². The SMILES string of the molecule is CC(C)(C)OC(=O)N1CCC(=C(C#C[Si](C)(C)C)c2ccccc2)CC1. The Morgan fingerprint density at radius 2 is 1.65 bits per heavy atom. The molecule has 0 aliphatic carbocycles. The number of likely N-dealkylation sites (tertiary alicyclic amines) is 1. The lowest BCUT2D eigenvalue weighted by atomic mass is 9.94. The Morgan fingerprint density at radius 1 is 1.08 bits per heavy atom. The third kappa shape index (κ3) is 6.38. The quantitative estimate of drug-likeness (QED) is 0.493. The van der Waals surface area contributed by atoms with E-state index in [0.717, 1.165) is 18.4 Å². The van der Waals surface area contributed by atoms with E-state index in [9.17, 15) is 4.79 Å². The van der Waals surface area contributed by atoms with Crippen molar-refractivity contribution in [3.8, 4) is 11.5 Å². The van der Waals surface area contributed by atoms with Gasteiger partial charge in [0.2, 0.25) is 0 Å². The minimum Gasteiger partial charge on any atom is -0.444 e. The molecule has 0 N–H and O–H groups in total. The van der Waals surface area contributed by atoms with Crippen LogP contribution in [0.4, 0.5) is 4.79 Å². The number of amides is 1. The zero-order valence-electron chi connectivity index (χ0n) is 17.0. The number of rotatable bonds is 1. The van der Waals surface area contributed by atoms with Crippen molar-refractivity contribution in [1.82, 2.24) is 4.90 Å². The van der Waals surface area contributed by atoms with E-state index in [0.29, 0.717) is 13.1 Å². The molecule has 0 unspecified atom stereocenters. The lowest BCUT2D eigenvalue weighted by Gasteiger charge is -2.31. The lowest BCUT2D eigenvalue weighted by molar-refractivity contribution is 0.0236. The van der Waals surface area contributed by atoms with E-state index in [2.05, 4.69) is 55.4 Å². The predicted molar refractivity (Wildman–Crippen MR) is 112 cm³/mol. The third-order valence-electron chi connectivity index (χ3n) is 4.00. The lowest BCUT2D eigenvalue weighted by Crippen LogP contribution is -2.40. The van der Waals surface area contributed by atoms with Crippen LogP contribution in [0.25, 0.3) is 5.57 Å². The molecule has 1 saturated heterocycles. The van der Waals surface area contributed by atoms with Crippen molar-refractivity contribution in [2.24, 2.45) is 0 Å². The van der Waals surface area contributed by atoms with Crippen molar-refractivity contribution in [1.29, 1.82) is 0 Å². The summed E-state index contributed by atoms with van der Waals surface area (Å²) in [6.07, 6.45) is 1.49. The van der Waals surface area contributed by atoms with Gasteiger partial charge in [0.15, 0.2) is 0 Å². The number of hydrogen-bond acceptors (Lipinski definition) is 2. The summed E-state index contributed by atoms with van der Waals surface area (Å²) in [5.41, 5.74) is 6.73. The monoisotopic (exact) mass is 369 g/mol. The number of carbonyl (C=O) groups excluding carboxylic acids is 1. The highest BCUT2D eigenvalue weighted by Crippen LogP contribution is 2.27. The molecule has 0 aromatic heterocycles. The Bertz CT molecular complexity index is 717. The third-order valence-corrected chi connectivity index (χ3v) is 4.87. The van der Waals surface area contributed by atoms with E-state index < -0.39 is 13.7 Å². The molecule has 1 heterocycles. The summed E-state index contributed by atoms with van der Waals surface area (Å²) < 4.78 is 5.50. The molecule has 1 amide bonds. The van der Waals surface area contributed by atoms with E-state index in [-0.39, 0.29) is 6.09 Å². The van der Waals surface area contributed by atoms with Gasteiger partial charge in [0.1, 0.15) is 13.7 Å². The van der Waals surface area contributed by atoms with Gasteiger partial charge in [-0.2, -0.15) is 0 Å². The Labute approximate surface area is 159 Å². The maximum atomic E-state index is 12.3. The first kappa shape index (κ1) is 20.3. The molecule has 0 spiro atoms. The van der Waals surface area contributed by atoms with Crippen molar-refractivity contribution < 1.29 is 9.53 Å². The molecule has 3 nitrogen and oxygen atoms in total. The van der Waals surface area contributed by atoms with E-state index >= 15 is 0 Å². The number of hydrogen-bond donors (Lipinski definition) is 0. The molecule has 1 fully saturated rings. The average molecular weight is 370 g/mol. The Morgan fingerprint density at radius 3 is 2.15 bits per heavy atom. The molecule has 1 aliphatic heterocycles. The van der Waals surface area contributed by atoms with E-state index in [1.165, 1.54) is 11.1 Å². The summed E-state index contributed by atoms with van der Waals surface area (Å²) in [5.74, 6) is 3.48. The van der Waals surface area contributed by atoms with E-state index in [4.69, 9.17) is 4.74 Å². The second-order valence-corrected chi connectivity index (χ2v) is 13.6.